The van der Waals surface area contributed by atoms with E-state index in [1.165, 1.54) is 0 Å². The Morgan fingerprint density at radius 1 is 1.33 bits per heavy atom. The molecule has 18 heavy (non-hydrogen) atoms. The van der Waals surface area contributed by atoms with Gasteiger partial charge in [-0.05, 0) is 26.3 Å². The summed E-state index contributed by atoms with van der Waals surface area (Å²) in [6.07, 6.45) is 7.08. The summed E-state index contributed by atoms with van der Waals surface area (Å²) in [5, 5.41) is 18.8. The number of hydrogen-bond acceptors (Lipinski definition) is 3. The van der Waals surface area contributed by atoms with Crippen molar-refractivity contribution in [1.82, 2.24) is 0 Å². The van der Waals surface area contributed by atoms with Crippen LogP contribution in [0.1, 0.15) is 40.5 Å². The molecule has 3 atom stereocenters. The number of fused-ring (bicyclic) bond motifs is 1. The molecule has 1 saturated carbocycles. The van der Waals surface area contributed by atoms with E-state index in [1.807, 2.05) is 13.0 Å². The molecule has 1 aliphatic carbocycles. The van der Waals surface area contributed by atoms with E-state index in [0.29, 0.717) is 6.42 Å². The summed E-state index contributed by atoms with van der Waals surface area (Å²) in [6.45, 7) is 8.40. The van der Waals surface area contributed by atoms with E-state index in [1.54, 1.807) is 6.08 Å². The average molecular weight is 252 g/mol. The fourth-order valence-corrected chi connectivity index (χ4v) is 3.54. The summed E-state index contributed by atoms with van der Waals surface area (Å²) < 4.78 is 6.03. The maximum atomic E-state index is 9.93. The van der Waals surface area contributed by atoms with Crippen LogP contribution in [0, 0.1) is 5.41 Å². The summed E-state index contributed by atoms with van der Waals surface area (Å²) >= 11 is 0. The largest absolute Gasteiger partial charge is 0.393 e. The van der Waals surface area contributed by atoms with Crippen molar-refractivity contribution in [3.05, 3.63) is 23.8 Å². The lowest BCUT2D eigenvalue weighted by atomic mass is 9.63. The highest BCUT2D eigenvalue weighted by Gasteiger charge is 2.74. The zero-order valence-corrected chi connectivity index (χ0v) is 11.7. The van der Waals surface area contributed by atoms with Crippen LogP contribution < -0.4 is 0 Å². The number of aliphatic hydroxyl groups is 2. The molecule has 0 aromatic carbocycles. The van der Waals surface area contributed by atoms with Crippen LogP contribution in [0.5, 0.6) is 0 Å². The van der Waals surface area contributed by atoms with Gasteiger partial charge in [0.1, 0.15) is 11.2 Å². The second-order valence-corrected chi connectivity index (χ2v) is 6.48. The van der Waals surface area contributed by atoms with E-state index in [9.17, 15) is 5.11 Å². The minimum atomic E-state index is -0.275. The van der Waals surface area contributed by atoms with Crippen LogP contribution in [0.25, 0.3) is 0 Å². The van der Waals surface area contributed by atoms with Crippen molar-refractivity contribution >= 4 is 0 Å². The topological polar surface area (TPSA) is 53.0 Å². The van der Waals surface area contributed by atoms with Gasteiger partial charge in [0.25, 0.3) is 0 Å². The second kappa shape index (κ2) is 4.19. The van der Waals surface area contributed by atoms with Gasteiger partial charge < -0.3 is 14.9 Å². The minimum Gasteiger partial charge on any atom is -0.393 e. The maximum Gasteiger partial charge on any atom is 0.121 e. The van der Waals surface area contributed by atoms with Crippen molar-refractivity contribution in [3.8, 4) is 0 Å². The van der Waals surface area contributed by atoms with E-state index in [-0.39, 0.29) is 29.3 Å². The fraction of sp³-hybridized carbons (Fsp3) is 0.733. The van der Waals surface area contributed by atoms with Crippen LogP contribution >= 0.6 is 0 Å². The van der Waals surface area contributed by atoms with Gasteiger partial charge >= 0.3 is 0 Å². The predicted octanol–water partition coefficient (Wildman–Crippen LogP) is 2.19. The van der Waals surface area contributed by atoms with Gasteiger partial charge in [-0.2, -0.15) is 0 Å². The van der Waals surface area contributed by atoms with Gasteiger partial charge in [0.2, 0.25) is 0 Å². The number of allylic oxidation sites excluding steroid dienone is 2. The SMILES string of the molecule is CC(C=CC12OC1(C)C[C@@H](O)CC2(C)C)=CCO. The van der Waals surface area contributed by atoms with E-state index in [4.69, 9.17) is 9.84 Å². The van der Waals surface area contributed by atoms with Crippen molar-refractivity contribution in [3.63, 3.8) is 0 Å². The highest BCUT2D eigenvalue weighted by molar-refractivity contribution is 5.35. The highest BCUT2D eigenvalue weighted by Crippen LogP contribution is 2.66. The van der Waals surface area contributed by atoms with Crippen molar-refractivity contribution in [2.24, 2.45) is 5.41 Å². The molecule has 3 nitrogen and oxygen atoms in total. The third-order valence-corrected chi connectivity index (χ3v) is 4.50. The molecule has 0 aromatic heterocycles. The van der Waals surface area contributed by atoms with E-state index < -0.39 is 0 Å². The minimum absolute atomic E-state index is 0.0589. The van der Waals surface area contributed by atoms with Crippen LogP contribution in [-0.4, -0.2) is 34.1 Å². The third kappa shape index (κ3) is 1.94. The molecule has 2 N–H and O–H groups in total. The van der Waals surface area contributed by atoms with Crippen LogP contribution in [0.4, 0.5) is 0 Å². The molecule has 1 aliphatic heterocycles. The summed E-state index contributed by atoms with van der Waals surface area (Å²) in [4.78, 5) is 0. The van der Waals surface area contributed by atoms with Gasteiger partial charge in [0, 0.05) is 11.8 Å². The normalized spacial score (nSPS) is 43.0. The molecule has 0 spiro atoms. The monoisotopic (exact) mass is 252 g/mol. The van der Waals surface area contributed by atoms with Crippen LogP contribution in [-0.2, 0) is 4.74 Å². The summed E-state index contributed by atoms with van der Waals surface area (Å²) in [5.41, 5.74) is 0.440. The molecule has 2 aliphatic rings. The second-order valence-electron chi connectivity index (χ2n) is 6.48. The standard InChI is InChI=1S/C15H24O3/c1-11(6-8-16)5-7-15-13(2,3)9-12(17)10-14(15,4)18-15/h5-7,12,16-17H,8-10H2,1-4H3/t12-,14?,15?/m0/s1. The van der Waals surface area contributed by atoms with E-state index >= 15 is 0 Å². The number of aliphatic hydroxyl groups excluding tert-OH is 2. The molecule has 0 radical (unpaired) electrons. The molecule has 3 heteroatoms. The number of hydrogen-bond donors (Lipinski definition) is 2. The Hall–Kier alpha value is -0.640. The quantitative estimate of drug-likeness (QED) is 0.598. The Morgan fingerprint density at radius 3 is 2.56 bits per heavy atom. The van der Waals surface area contributed by atoms with Crippen molar-refractivity contribution in [1.29, 1.82) is 0 Å². The zero-order valence-electron chi connectivity index (χ0n) is 11.7. The first kappa shape index (κ1) is 13.8. The predicted molar refractivity (Wildman–Crippen MR) is 71.2 cm³/mol. The number of rotatable bonds is 3. The van der Waals surface area contributed by atoms with Crippen molar-refractivity contribution < 1.29 is 14.9 Å². The summed E-state index contributed by atoms with van der Waals surface area (Å²) in [6, 6.07) is 0. The molecule has 0 aromatic rings. The fourth-order valence-electron chi connectivity index (χ4n) is 3.54. The van der Waals surface area contributed by atoms with E-state index in [2.05, 4.69) is 26.8 Å². The lowest BCUT2D eigenvalue weighted by Crippen LogP contribution is -2.46. The molecule has 2 unspecified atom stereocenters. The van der Waals surface area contributed by atoms with Gasteiger partial charge in [-0.25, -0.2) is 0 Å². The van der Waals surface area contributed by atoms with Gasteiger partial charge in [0.05, 0.1) is 12.7 Å². The highest BCUT2D eigenvalue weighted by atomic mass is 16.6. The first-order valence-electron chi connectivity index (χ1n) is 6.61. The zero-order chi connectivity index (χ0) is 13.6. The summed E-state index contributed by atoms with van der Waals surface area (Å²) in [5.74, 6) is 0. The third-order valence-electron chi connectivity index (χ3n) is 4.50. The Bertz CT molecular complexity index is 397. The Labute approximate surface area is 109 Å². The molecular formula is C15H24O3. The Morgan fingerprint density at radius 2 is 2.00 bits per heavy atom. The van der Waals surface area contributed by atoms with Crippen LogP contribution in [0.2, 0.25) is 0 Å². The average Bonchev–Trinajstić information content (AvgIpc) is 2.82. The van der Waals surface area contributed by atoms with Crippen LogP contribution in [0.15, 0.2) is 23.8 Å². The molecule has 2 rings (SSSR count). The molecule has 1 heterocycles. The lowest BCUT2D eigenvalue weighted by molar-refractivity contribution is 0.0515. The van der Waals surface area contributed by atoms with Gasteiger partial charge in [-0.1, -0.05) is 31.6 Å². The Kier molecular flexibility index (Phi) is 3.21. The van der Waals surface area contributed by atoms with E-state index in [0.717, 1.165) is 12.0 Å². The summed E-state index contributed by atoms with van der Waals surface area (Å²) in [7, 11) is 0. The number of epoxide rings is 1. The first-order chi connectivity index (χ1) is 8.26. The maximum absolute atomic E-state index is 9.93. The lowest BCUT2D eigenvalue weighted by Gasteiger charge is -2.39. The van der Waals surface area contributed by atoms with Crippen molar-refractivity contribution in [2.45, 2.75) is 57.8 Å². The smallest absolute Gasteiger partial charge is 0.121 e. The molecule has 0 bridgehead atoms. The molecular weight excluding hydrogens is 228 g/mol. The van der Waals surface area contributed by atoms with Crippen molar-refractivity contribution in [2.75, 3.05) is 6.61 Å². The first-order valence-corrected chi connectivity index (χ1v) is 6.61. The van der Waals surface area contributed by atoms with Gasteiger partial charge in [-0.15, -0.1) is 0 Å². The molecule has 1 saturated heterocycles. The molecule has 2 fully saturated rings. The van der Waals surface area contributed by atoms with Crippen LogP contribution in [0.3, 0.4) is 0 Å². The molecule has 0 amide bonds. The van der Waals surface area contributed by atoms with Gasteiger partial charge in [-0.3, -0.25) is 0 Å². The molecule has 102 valence electrons. The van der Waals surface area contributed by atoms with Gasteiger partial charge in [0.15, 0.2) is 0 Å². The number of ether oxygens (including phenoxy) is 1. The Balaban J connectivity index is 2.24.